The molecule has 4 rings (SSSR count). The summed E-state index contributed by atoms with van der Waals surface area (Å²) < 4.78 is 11.3. The van der Waals surface area contributed by atoms with Crippen LogP contribution in [0.4, 0.5) is 5.69 Å². The van der Waals surface area contributed by atoms with Crippen LogP contribution in [0.1, 0.15) is 50.7 Å². The van der Waals surface area contributed by atoms with Gasteiger partial charge in [-0.2, -0.15) is 0 Å². The number of likely N-dealkylation sites (tertiary alicyclic amines) is 1. The highest BCUT2D eigenvalue weighted by atomic mass is 16.6. The molecule has 3 atom stereocenters. The van der Waals surface area contributed by atoms with Gasteiger partial charge in [-0.3, -0.25) is 24.8 Å². The normalized spacial score (nSPS) is 23.6. The fourth-order valence-corrected chi connectivity index (χ4v) is 5.53. The van der Waals surface area contributed by atoms with Crippen LogP contribution >= 0.6 is 0 Å². The third-order valence-electron chi connectivity index (χ3n) is 7.54. The van der Waals surface area contributed by atoms with Crippen molar-refractivity contribution in [2.24, 2.45) is 10.9 Å². The lowest BCUT2D eigenvalue weighted by atomic mass is 9.75. The molecule has 9 nitrogen and oxygen atoms in total. The number of carbonyl (C=O) groups excluding carboxylic acids is 2. The molecule has 38 heavy (non-hydrogen) atoms. The van der Waals surface area contributed by atoms with Crippen LogP contribution in [-0.2, 0) is 25.6 Å². The summed E-state index contributed by atoms with van der Waals surface area (Å²) in [5, 5.41) is 11.5. The number of aliphatic imine (C=N–C) groups is 1. The predicted octanol–water partition coefficient (Wildman–Crippen LogP) is 4.81. The molecular weight excluding hydrogens is 486 g/mol. The van der Waals surface area contributed by atoms with Gasteiger partial charge in [-0.15, -0.1) is 0 Å². The van der Waals surface area contributed by atoms with E-state index in [0.717, 1.165) is 13.1 Å². The van der Waals surface area contributed by atoms with Crippen LogP contribution < -0.4 is 0 Å². The molecule has 1 fully saturated rings. The largest absolute Gasteiger partial charge is 0.468 e. The number of nitro benzene ring substituents is 1. The van der Waals surface area contributed by atoms with E-state index in [0.29, 0.717) is 36.4 Å². The van der Waals surface area contributed by atoms with Crippen LogP contribution in [0.3, 0.4) is 0 Å². The van der Waals surface area contributed by atoms with Gasteiger partial charge in [0.2, 0.25) is 0 Å². The molecule has 0 radical (unpaired) electrons. The molecule has 2 aromatic carbocycles. The van der Waals surface area contributed by atoms with Crippen molar-refractivity contribution in [2.45, 2.75) is 51.7 Å². The van der Waals surface area contributed by atoms with Crippen LogP contribution in [0.25, 0.3) is 0 Å². The Labute approximate surface area is 222 Å². The number of methoxy groups -OCH3 is 1. The molecule has 0 N–H and O–H groups in total. The zero-order valence-electron chi connectivity index (χ0n) is 22.2. The second-order valence-electron chi connectivity index (χ2n) is 9.96. The first-order valence-corrected chi connectivity index (χ1v) is 12.8. The Kier molecular flexibility index (Phi) is 8.06. The van der Waals surface area contributed by atoms with E-state index in [9.17, 15) is 19.7 Å². The van der Waals surface area contributed by atoms with Crippen LogP contribution in [-0.4, -0.2) is 53.3 Å². The van der Waals surface area contributed by atoms with E-state index in [4.69, 9.17) is 9.47 Å². The van der Waals surface area contributed by atoms with E-state index < -0.39 is 34.3 Å². The lowest BCUT2D eigenvalue weighted by Gasteiger charge is -2.34. The average Bonchev–Trinajstić information content (AvgIpc) is 3.30. The standard InChI is InChI=1S/C29H33N3O6/c1-5-29(14-15-31(18-29)17-21-10-7-6-8-11-21)38-28(34)25-20(3)30-19(2)24(27(33)37-4)26(25)22-12-9-13-23(16-22)32(35)36/h6-13,16,24,26H,5,14-15,17-18H2,1-4H3/t24?,26-,29+/m0/s1. The molecule has 0 bridgehead atoms. The number of hydrogen-bond acceptors (Lipinski definition) is 8. The Balaban J connectivity index is 1.67. The molecule has 2 aliphatic heterocycles. The second-order valence-corrected chi connectivity index (χ2v) is 9.96. The van der Waals surface area contributed by atoms with Crippen molar-refractivity contribution in [3.63, 3.8) is 0 Å². The Bertz CT molecular complexity index is 1290. The average molecular weight is 520 g/mol. The fourth-order valence-electron chi connectivity index (χ4n) is 5.53. The molecule has 0 amide bonds. The number of rotatable bonds is 8. The first-order valence-electron chi connectivity index (χ1n) is 12.8. The molecule has 2 aromatic rings. The number of allylic oxidation sites excluding steroid dienone is 1. The summed E-state index contributed by atoms with van der Waals surface area (Å²) in [6.07, 6.45) is 1.30. The van der Waals surface area contributed by atoms with E-state index in [1.54, 1.807) is 26.0 Å². The number of esters is 2. The summed E-state index contributed by atoms with van der Waals surface area (Å²) in [5.74, 6) is -2.87. The third kappa shape index (κ3) is 5.52. The minimum atomic E-state index is -0.913. The molecule has 0 spiro atoms. The van der Waals surface area contributed by atoms with Crippen molar-refractivity contribution in [1.29, 1.82) is 0 Å². The van der Waals surface area contributed by atoms with Crippen LogP contribution in [0.5, 0.6) is 0 Å². The number of nitrogens with zero attached hydrogens (tertiary/aromatic N) is 3. The maximum atomic E-state index is 13.9. The first kappa shape index (κ1) is 27.2. The summed E-state index contributed by atoms with van der Waals surface area (Å²) >= 11 is 0. The van der Waals surface area contributed by atoms with Crippen molar-refractivity contribution in [1.82, 2.24) is 4.90 Å². The summed E-state index contributed by atoms with van der Waals surface area (Å²) in [5.41, 5.74) is 1.95. The minimum Gasteiger partial charge on any atom is -0.468 e. The van der Waals surface area contributed by atoms with E-state index in [1.165, 1.54) is 24.8 Å². The van der Waals surface area contributed by atoms with Crippen molar-refractivity contribution in [3.8, 4) is 0 Å². The lowest BCUT2D eigenvalue weighted by molar-refractivity contribution is -0.384. The topological polar surface area (TPSA) is 111 Å². The van der Waals surface area contributed by atoms with Gasteiger partial charge in [0, 0.05) is 55.5 Å². The van der Waals surface area contributed by atoms with Gasteiger partial charge in [0.1, 0.15) is 11.5 Å². The number of nitro groups is 1. The third-order valence-corrected chi connectivity index (χ3v) is 7.54. The second kappa shape index (κ2) is 11.3. The highest BCUT2D eigenvalue weighted by Crippen LogP contribution is 2.42. The fraction of sp³-hybridized carbons (Fsp3) is 0.414. The predicted molar refractivity (Wildman–Crippen MR) is 143 cm³/mol. The van der Waals surface area contributed by atoms with Crippen molar-refractivity contribution < 1.29 is 24.0 Å². The van der Waals surface area contributed by atoms with Gasteiger partial charge in [-0.05, 0) is 31.4 Å². The molecule has 0 saturated carbocycles. The smallest absolute Gasteiger partial charge is 0.337 e. The molecule has 9 heteroatoms. The Morgan fingerprint density at radius 3 is 2.55 bits per heavy atom. The lowest BCUT2D eigenvalue weighted by Crippen LogP contribution is -2.41. The van der Waals surface area contributed by atoms with Gasteiger partial charge in [-0.1, -0.05) is 49.4 Å². The quantitative estimate of drug-likeness (QED) is 0.279. The number of ether oxygens (including phenoxy) is 2. The van der Waals surface area contributed by atoms with Gasteiger partial charge in [-0.25, -0.2) is 4.79 Å². The zero-order valence-corrected chi connectivity index (χ0v) is 22.2. The summed E-state index contributed by atoms with van der Waals surface area (Å²) in [4.78, 5) is 44.6. The highest BCUT2D eigenvalue weighted by Gasteiger charge is 2.46. The molecule has 2 aliphatic rings. The number of benzene rings is 2. The summed E-state index contributed by atoms with van der Waals surface area (Å²) in [7, 11) is 1.27. The van der Waals surface area contributed by atoms with Crippen molar-refractivity contribution >= 4 is 23.3 Å². The zero-order chi connectivity index (χ0) is 27.4. The highest BCUT2D eigenvalue weighted by molar-refractivity contribution is 6.07. The van der Waals surface area contributed by atoms with Crippen molar-refractivity contribution in [2.75, 3.05) is 20.2 Å². The van der Waals surface area contributed by atoms with E-state index in [1.807, 2.05) is 25.1 Å². The number of non-ortho nitro benzene ring substituents is 1. The molecule has 1 saturated heterocycles. The molecule has 0 aliphatic carbocycles. The van der Waals surface area contributed by atoms with E-state index in [-0.39, 0.29) is 11.3 Å². The van der Waals surface area contributed by atoms with Gasteiger partial charge >= 0.3 is 11.9 Å². The SMILES string of the molecule is CC[C@@]1(OC(=O)C2=C(C)N=C(C)C(C(=O)OC)[C@@H]2c2cccc([N+](=O)[O-])c2)CCN(Cc2ccccc2)C1. The van der Waals surface area contributed by atoms with Crippen LogP contribution in [0.15, 0.2) is 70.9 Å². The Morgan fingerprint density at radius 2 is 1.89 bits per heavy atom. The maximum Gasteiger partial charge on any atom is 0.337 e. The van der Waals surface area contributed by atoms with Gasteiger partial charge in [0.25, 0.3) is 5.69 Å². The maximum absolute atomic E-state index is 13.9. The Morgan fingerprint density at radius 1 is 1.16 bits per heavy atom. The van der Waals surface area contributed by atoms with Gasteiger partial charge in [0.15, 0.2) is 0 Å². The molecular formula is C29H33N3O6. The molecule has 1 unspecified atom stereocenters. The van der Waals surface area contributed by atoms with Crippen LogP contribution in [0, 0.1) is 16.0 Å². The van der Waals surface area contributed by atoms with Crippen molar-refractivity contribution in [3.05, 3.63) is 87.1 Å². The monoisotopic (exact) mass is 519 g/mol. The van der Waals surface area contributed by atoms with E-state index >= 15 is 0 Å². The molecule has 200 valence electrons. The van der Waals surface area contributed by atoms with Gasteiger partial charge < -0.3 is 9.47 Å². The summed E-state index contributed by atoms with van der Waals surface area (Å²) in [6.45, 7) is 7.52. The molecule has 2 heterocycles. The number of carbonyl (C=O) groups is 2. The van der Waals surface area contributed by atoms with Gasteiger partial charge in [0.05, 0.1) is 17.6 Å². The minimum absolute atomic E-state index is 0.131. The summed E-state index contributed by atoms with van der Waals surface area (Å²) in [6, 6.07) is 16.1. The molecule has 0 aromatic heterocycles. The number of hydrogen-bond donors (Lipinski definition) is 0. The Hall–Kier alpha value is -3.85. The van der Waals surface area contributed by atoms with E-state index in [2.05, 4.69) is 22.0 Å². The van der Waals surface area contributed by atoms with Crippen LogP contribution in [0.2, 0.25) is 0 Å². The first-order chi connectivity index (χ1) is 18.2.